The summed E-state index contributed by atoms with van der Waals surface area (Å²) in [5.41, 5.74) is 0.810. The number of carbonyl (C=O) groups is 1. The van der Waals surface area contributed by atoms with Gasteiger partial charge in [0.25, 0.3) is 0 Å². The van der Waals surface area contributed by atoms with Crippen LogP contribution < -0.4 is 5.32 Å². The predicted molar refractivity (Wildman–Crippen MR) is 42.7 cm³/mol. The van der Waals surface area contributed by atoms with Gasteiger partial charge < -0.3 is 5.32 Å². The second-order valence-corrected chi connectivity index (χ2v) is 2.29. The molecule has 0 aromatic heterocycles. The molecule has 0 fully saturated rings. The Bertz CT molecular complexity index is 138. The van der Waals surface area contributed by atoms with Crippen LogP contribution in [0.25, 0.3) is 0 Å². The fourth-order valence-electron chi connectivity index (χ4n) is 0.721. The molecule has 0 saturated heterocycles. The molecule has 0 aliphatic rings. The van der Waals surface area contributed by atoms with E-state index in [4.69, 9.17) is 0 Å². The lowest BCUT2D eigenvalue weighted by Crippen LogP contribution is -2.03. The van der Waals surface area contributed by atoms with Crippen LogP contribution in [0.4, 0.5) is 0 Å². The first-order chi connectivity index (χ1) is 4.72. The number of ketones is 1. The van der Waals surface area contributed by atoms with Gasteiger partial charge in [-0.3, -0.25) is 4.79 Å². The monoisotopic (exact) mass is 141 g/mol. The summed E-state index contributed by atoms with van der Waals surface area (Å²) in [4.78, 5) is 11.0. The van der Waals surface area contributed by atoms with Gasteiger partial charge in [-0.25, -0.2) is 0 Å². The second kappa shape index (κ2) is 5.03. The van der Waals surface area contributed by atoms with E-state index in [2.05, 4.69) is 5.32 Å². The highest BCUT2D eigenvalue weighted by Gasteiger charge is 2.00. The lowest BCUT2D eigenvalue weighted by atomic mass is 10.1. The average Bonchev–Trinajstić information content (AvgIpc) is 1.89. The average molecular weight is 141 g/mol. The number of carbonyl (C=O) groups excluding carboxylic acids is 1. The quantitative estimate of drug-likeness (QED) is 0.601. The van der Waals surface area contributed by atoms with Gasteiger partial charge in [0.05, 0.1) is 0 Å². The first-order valence-corrected chi connectivity index (χ1v) is 3.59. The summed E-state index contributed by atoms with van der Waals surface area (Å²) in [6.45, 7) is 3.83. The van der Waals surface area contributed by atoms with Gasteiger partial charge in [0.1, 0.15) is 0 Å². The van der Waals surface area contributed by atoms with E-state index in [1.807, 2.05) is 13.8 Å². The second-order valence-electron chi connectivity index (χ2n) is 2.29. The molecule has 0 heterocycles. The molecule has 10 heavy (non-hydrogen) atoms. The third-order valence-corrected chi connectivity index (χ3v) is 1.28. The van der Waals surface area contributed by atoms with Crippen LogP contribution in [-0.4, -0.2) is 12.8 Å². The van der Waals surface area contributed by atoms with Crippen molar-refractivity contribution in [2.45, 2.75) is 26.7 Å². The maximum absolute atomic E-state index is 11.0. The standard InChI is InChI=1S/C8H15NO/c1-4-5-8(10)7(2)6-9-3/h6,9H,4-5H2,1-3H3/b7-6-. The van der Waals surface area contributed by atoms with E-state index in [9.17, 15) is 4.79 Å². The molecule has 2 heteroatoms. The van der Waals surface area contributed by atoms with Gasteiger partial charge in [-0.2, -0.15) is 0 Å². The van der Waals surface area contributed by atoms with Crippen molar-refractivity contribution in [3.8, 4) is 0 Å². The first kappa shape index (κ1) is 9.21. The predicted octanol–water partition coefficient (Wildman–Crippen LogP) is 1.48. The Balaban J connectivity index is 3.82. The van der Waals surface area contributed by atoms with Crippen LogP contribution in [0, 0.1) is 0 Å². The summed E-state index contributed by atoms with van der Waals surface area (Å²) < 4.78 is 0. The zero-order valence-electron chi connectivity index (χ0n) is 6.90. The minimum atomic E-state index is 0.233. The molecule has 58 valence electrons. The van der Waals surface area contributed by atoms with Crippen LogP contribution in [0.2, 0.25) is 0 Å². The van der Waals surface area contributed by atoms with E-state index in [1.165, 1.54) is 0 Å². The van der Waals surface area contributed by atoms with Crippen LogP contribution >= 0.6 is 0 Å². The van der Waals surface area contributed by atoms with Gasteiger partial charge in [0.2, 0.25) is 0 Å². The number of allylic oxidation sites excluding steroid dienone is 1. The lowest BCUT2D eigenvalue weighted by molar-refractivity contribution is -0.115. The van der Waals surface area contributed by atoms with Gasteiger partial charge in [-0.15, -0.1) is 0 Å². The summed E-state index contributed by atoms with van der Waals surface area (Å²) in [5.74, 6) is 0.233. The molecule has 0 atom stereocenters. The lowest BCUT2D eigenvalue weighted by Gasteiger charge is -1.96. The molecule has 0 aromatic rings. The topological polar surface area (TPSA) is 29.1 Å². The number of rotatable bonds is 4. The maximum atomic E-state index is 11.0. The van der Waals surface area contributed by atoms with Crippen molar-refractivity contribution in [2.75, 3.05) is 7.05 Å². The van der Waals surface area contributed by atoms with Crippen LogP contribution in [-0.2, 0) is 4.79 Å². The molecular weight excluding hydrogens is 126 g/mol. The van der Waals surface area contributed by atoms with Crippen LogP contribution in [0.15, 0.2) is 11.8 Å². The first-order valence-electron chi connectivity index (χ1n) is 3.59. The van der Waals surface area contributed by atoms with Gasteiger partial charge in [-0.1, -0.05) is 6.92 Å². The molecule has 0 bridgehead atoms. The Kier molecular flexibility index (Phi) is 4.63. The Labute approximate surface area is 62.3 Å². The molecule has 0 aromatic carbocycles. The van der Waals surface area contributed by atoms with Gasteiger partial charge >= 0.3 is 0 Å². The van der Waals surface area contributed by atoms with E-state index < -0.39 is 0 Å². The summed E-state index contributed by atoms with van der Waals surface area (Å²) >= 11 is 0. The van der Waals surface area contributed by atoms with Crippen molar-refractivity contribution in [1.29, 1.82) is 0 Å². The van der Waals surface area contributed by atoms with Crippen LogP contribution in [0.5, 0.6) is 0 Å². The molecule has 0 radical (unpaired) electrons. The third-order valence-electron chi connectivity index (χ3n) is 1.28. The van der Waals surface area contributed by atoms with E-state index in [-0.39, 0.29) is 5.78 Å². The number of Topliss-reactive ketones (excluding diaryl/α,β-unsaturated/α-hetero) is 1. The Morgan fingerprint density at radius 2 is 2.20 bits per heavy atom. The minimum Gasteiger partial charge on any atom is -0.394 e. The van der Waals surface area contributed by atoms with Crippen molar-refractivity contribution in [2.24, 2.45) is 0 Å². The van der Waals surface area contributed by atoms with Crippen molar-refractivity contribution >= 4 is 5.78 Å². The summed E-state index contributed by atoms with van der Waals surface area (Å²) in [6.07, 6.45) is 3.32. The summed E-state index contributed by atoms with van der Waals surface area (Å²) in [5, 5.41) is 2.82. The zero-order chi connectivity index (χ0) is 7.98. The molecule has 0 unspecified atom stereocenters. The van der Waals surface area contributed by atoms with Crippen LogP contribution in [0.1, 0.15) is 26.7 Å². The fourth-order valence-corrected chi connectivity index (χ4v) is 0.721. The fraction of sp³-hybridized carbons (Fsp3) is 0.625. The molecular formula is C8H15NO. The van der Waals surface area contributed by atoms with Crippen molar-refractivity contribution in [3.63, 3.8) is 0 Å². The highest BCUT2D eigenvalue weighted by Crippen LogP contribution is 1.99. The van der Waals surface area contributed by atoms with Gasteiger partial charge in [0.15, 0.2) is 5.78 Å². The molecule has 0 amide bonds. The molecule has 2 nitrogen and oxygen atoms in total. The molecule has 0 aliphatic carbocycles. The highest BCUT2D eigenvalue weighted by atomic mass is 16.1. The Hall–Kier alpha value is -0.790. The number of hydrogen-bond acceptors (Lipinski definition) is 2. The van der Waals surface area contributed by atoms with Crippen molar-refractivity contribution in [1.82, 2.24) is 5.32 Å². The SMILES string of the molecule is CCCC(=O)/C(C)=C\NC. The van der Waals surface area contributed by atoms with E-state index in [0.717, 1.165) is 12.0 Å². The van der Waals surface area contributed by atoms with Gasteiger partial charge in [-0.05, 0) is 13.3 Å². The van der Waals surface area contributed by atoms with Crippen molar-refractivity contribution < 1.29 is 4.79 Å². The normalized spacial score (nSPS) is 11.3. The van der Waals surface area contributed by atoms with Gasteiger partial charge in [0, 0.05) is 25.2 Å². The molecule has 0 rings (SSSR count). The summed E-state index contributed by atoms with van der Waals surface area (Å²) in [7, 11) is 1.79. The van der Waals surface area contributed by atoms with Crippen molar-refractivity contribution in [3.05, 3.63) is 11.8 Å². The summed E-state index contributed by atoms with van der Waals surface area (Å²) in [6, 6.07) is 0. The van der Waals surface area contributed by atoms with Crippen LogP contribution in [0.3, 0.4) is 0 Å². The number of nitrogens with one attached hydrogen (secondary N) is 1. The smallest absolute Gasteiger partial charge is 0.160 e. The Morgan fingerprint density at radius 3 is 2.60 bits per heavy atom. The highest BCUT2D eigenvalue weighted by molar-refractivity contribution is 5.94. The zero-order valence-corrected chi connectivity index (χ0v) is 6.90. The van der Waals surface area contributed by atoms with E-state index in [0.29, 0.717) is 6.42 Å². The molecule has 0 spiro atoms. The largest absolute Gasteiger partial charge is 0.394 e. The molecule has 0 aliphatic heterocycles. The third kappa shape index (κ3) is 3.28. The molecule has 0 saturated carbocycles. The minimum absolute atomic E-state index is 0.233. The maximum Gasteiger partial charge on any atom is 0.160 e. The number of hydrogen-bond donors (Lipinski definition) is 1. The Morgan fingerprint density at radius 1 is 1.60 bits per heavy atom. The van der Waals surface area contributed by atoms with E-state index >= 15 is 0 Å². The molecule has 1 N–H and O–H groups in total. The van der Waals surface area contributed by atoms with E-state index in [1.54, 1.807) is 13.2 Å².